The molecule has 0 aliphatic heterocycles. The van der Waals surface area contributed by atoms with E-state index in [0.29, 0.717) is 24.2 Å². The molecule has 7 nitrogen and oxygen atoms in total. The van der Waals surface area contributed by atoms with Crippen molar-refractivity contribution < 1.29 is 27.1 Å². The summed E-state index contributed by atoms with van der Waals surface area (Å²) in [6.07, 6.45) is 4.17. The van der Waals surface area contributed by atoms with Gasteiger partial charge in [-0.2, -0.15) is 0 Å². The number of thiophene rings is 1. The highest BCUT2D eigenvalue weighted by atomic mass is 32.2. The van der Waals surface area contributed by atoms with Crippen LogP contribution in [0.25, 0.3) is 11.1 Å². The van der Waals surface area contributed by atoms with Crippen LogP contribution < -0.4 is 14.2 Å². The maximum absolute atomic E-state index is 14.7. The van der Waals surface area contributed by atoms with E-state index < -0.39 is 21.7 Å². The molecule has 2 aromatic heterocycles. The molecule has 5 rings (SSSR count). The van der Waals surface area contributed by atoms with Crippen LogP contribution in [0, 0.1) is 11.7 Å². The first-order chi connectivity index (χ1) is 17.9. The number of benzene rings is 2. The quantitative estimate of drug-likeness (QED) is 0.289. The molecule has 4 aromatic rings. The molecule has 10 heteroatoms. The number of carbonyl (C=O) groups excluding carboxylic acids is 1. The monoisotopic (exact) mass is 538 g/mol. The molecule has 0 atom stereocenters. The summed E-state index contributed by atoms with van der Waals surface area (Å²) in [6, 6.07) is 17.8. The molecule has 1 aliphatic rings. The Morgan fingerprint density at radius 3 is 2.59 bits per heavy atom. The first-order valence-corrected chi connectivity index (χ1v) is 13.9. The van der Waals surface area contributed by atoms with Gasteiger partial charge in [0, 0.05) is 29.0 Å². The molecule has 1 amide bonds. The van der Waals surface area contributed by atoms with Crippen LogP contribution in [0.1, 0.15) is 28.8 Å². The molecular formula is C27H23FN2O5S2. The van der Waals surface area contributed by atoms with Gasteiger partial charge in [0.05, 0.1) is 6.61 Å². The minimum Gasteiger partial charge on any atom is -0.489 e. The lowest BCUT2D eigenvalue weighted by atomic mass is 10.1. The maximum Gasteiger partial charge on any atom is 0.273 e. The zero-order valence-electron chi connectivity index (χ0n) is 19.6. The van der Waals surface area contributed by atoms with Gasteiger partial charge in [-0.3, -0.25) is 4.79 Å². The molecule has 2 aromatic carbocycles. The fourth-order valence-electron chi connectivity index (χ4n) is 3.50. The van der Waals surface area contributed by atoms with Crippen molar-refractivity contribution in [2.75, 3.05) is 6.61 Å². The van der Waals surface area contributed by atoms with Crippen molar-refractivity contribution >= 4 is 27.3 Å². The normalized spacial score (nSPS) is 13.2. The third kappa shape index (κ3) is 6.33. The Bertz CT molecular complexity index is 1500. The van der Waals surface area contributed by atoms with E-state index in [-0.39, 0.29) is 21.9 Å². The molecule has 1 fully saturated rings. The van der Waals surface area contributed by atoms with Crippen LogP contribution in [-0.2, 0) is 16.6 Å². The lowest BCUT2D eigenvalue weighted by Gasteiger charge is -2.11. The topological polar surface area (TPSA) is 94.6 Å². The lowest BCUT2D eigenvalue weighted by molar-refractivity contribution is 0.0981. The Hall–Kier alpha value is -3.76. The molecule has 0 radical (unpaired) electrons. The average molecular weight is 539 g/mol. The number of nitrogens with one attached hydrogen (secondary N) is 1. The zero-order valence-corrected chi connectivity index (χ0v) is 21.2. The second-order valence-corrected chi connectivity index (χ2v) is 11.5. The molecule has 1 saturated carbocycles. The summed E-state index contributed by atoms with van der Waals surface area (Å²) in [5.41, 5.74) is 1.89. The molecule has 1 aliphatic carbocycles. The van der Waals surface area contributed by atoms with Crippen LogP contribution in [0.15, 0.2) is 82.5 Å². The molecule has 0 saturated heterocycles. The van der Waals surface area contributed by atoms with E-state index in [1.807, 2.05) is 35.1 Å². The van der Waals surface area contributed by atoms with Gasteiger partial charge in [0.15, 0.2) is 0 Å². The van der Waals surface area contributed by atoms with Crippen LogP contribution in [0.5, 0.6) is 11.6 Å². The first-order valence-electron chi connectivity index (χ1n) is 11.6. The van der Waals surface area contributed by atoms with Crippen LogP contribution in [0.2, 0.25) is 0 Å². The standard InChI is InChI=1S/C27H23FN2O5S2/c28-24-14-20(27(31)30-37(32,33)26-5-2-12-36-26)8-9-22(24)17-34-23-4-1-3-19(13-23)21-10-11-25(29-15-21)35-16-18-6-7-18/h1-5,8-15,18H,6-7,16-17H2,(H,30,31). The number of halogens is 1. The van der Waals surface area contributed by atoms with Crippen molar-refractivity contribution in [1.82, 2.24) is 9.71 Å². The van der Waals surface area contributed by atoms with Gasteiger partial charge in [0.2, 0.25) is 5.88 Å². The van der Waals surface area contributed by atoms with Crippen molar-refractivity contribution in [3.05, 3.63) is 95.3 Å². The van der Waals surface area contributed by atoms with E-state index in [2.05, 4.69) is 4.98 Å². The highest BCUT2D eigenvalue weighted by Gasteiger charge is 2.22. The third-order valence-electron chi connectivity index (χ3n) is 5.76. The number of ether oxygens (including phenoxy) is 2. The highest BCUT2D eigenvalue weighted by Crippen LogP contribution is 2.30. The van der Waals surface area contributed by atoms with Crippen LogP contribution in [0.4, 0.5) is 4.39 Å². The summed E-state index contributed by atoms with van der Waals surface area (Å²) in [5.74, 6) is 0.198. The van der Waals surface area contributed by atoms with E-state index in [1.165, 1.54) is 31.0 Å². The zero-order chi connectivity index (χ0) is 25.8. The summed E-state index contributed by atoms with van der Waals surface area (Å²) in [4.78, 5) is 16.7. The summed E-state index contributed by atoms with van der Waals surface area (Å²) < 4.78 is 52.6. The second kappa shape index (κ2) is 10.7. The Balaban J connectivity index is 1.20. The number of amides is 1. The van der Waals surface area contributed by atoms with Gasteiger partial charge in [-0.1, -0.05) is 24.3 Å². The van der Waals surface area contributed by atoms with Gasteiger partial charge in [0.1, 0.15) is 22.4 Å². The predicted octanol–water partition coefficient (Wildman–Crippen LogP) is 5.44. The molecule has 0 bridgehead atoms. The fraction of sp³-hybridized carbons (Fsp3) is 0.185. The number of hydrogen-bond donors (Lipinski definition) is 1. The molecule has 190 valence electrons. The minimum atomic E-state index is -4.01. The predicted molar refractivity (Wildman–Crippen MR) is 138 cm³/mol. The summed E-state index contributed by atoms with van der Waals surface area (Å²) in [5, 5.41) is 1.58. The Labute approximate surface area is 218 Å². The fourth-order valence-corrected chi connectivity index (χ4v) is 5.47. The van der Waals surface area contributed by atoms with E-state index in [9.17, 15) is 17.6 Å². The molecule has 1 N–H and O–H groups in total. The van der Waals surface area contributed by atoms with E-state index in [4.69, 9.17) is 9.47 Å². The molecule has 37 heavy (non-hydrogen) atoms. The number of nitrogens with zero attached hydrogens (tertiary/aromatic N) is 1. The molecule has 0 unspecified atom stereocenters. The van der Waals surface area contributed by atoms with Crippen LogP contribution in [0.3, 0.4) is 0 Å². The summed E-state index contributed by atoms with van der Waals surface area (Å²) >= 11 is 0.980. The SMILES string of the molecule is O=C(NS(=O)(=O)c1cccs1)c1ccc(COc2cccc(-c3ccc(OCC4CC4)nc3)c2)c(F)c1. The van der Waals surface area contributed by atoms with E-state index in [0.717, 1.165) is 28.5 Å². The number of sulfonamides is 1. The van der Waals surface area contributed by atoms with Crippen molar-refractivity contribution in [3.63, 3.8) is 0 Å². The van der Waals surface area contributed by atoms with Gasteiger partial charge in [-0.05, 0) is 66.1 Å². The van der Waals surface area contributed by atoms with E-state index in [1.54, 1.807) is 23.7 Å². The van der Waals surface area contributed by atoms with Gasteiger partial charge < -0.3 is 9.47 Å². The van der Waals surface area contributed by atoms with Gasteiger partial charge in [-0.25, -0.2) is 22.5 Å². The van der Waals surface area contributed by atoms with Gasteiger partial charge >= 0.3 is 0 Å². The summed E-state index contributed by atoms with van der Waals surface area (Å²) in [7, 11) is -4.01. The number of pyridine rings is 1. The Kier molecular flexibility index (Phi) is 7.20. The Morgan fingerprint density at radius 1 is 1.03 bits per heavy atom. The number of rotatable bonds is 10. The van der Waals surface area contributed by atoms with Gasteiger partial charge in [0.25, 0.3) is 15.9 Å². The smallest absolute Gasteiger partial charge is 0.273 e. The maximum atomic E-state index is 14.7. The molecule has 2 heterocycles. The Morgan fingerprint density at radius 2 is 1.89 bits per heavy atom. The first kappa shape index (κ1) is 24.9. The lowest BCUT2D eigenvalue weighted by Crippen LogP contribution is -2.30. The minimum absolute atomic E-state index is 0.00204. The molecular weight excluding hydrogens is 515 g/mol. The van der Waals surface area contributed by atoms with Crippen molar-refractivity contribution in [2.45, 2.75) is 23.7 Å². The van der Waals surface area contributed by atoms with Crippen LogP contribution in [-0.4, -0.2) is 25.9 Å². The van der Waals surface area contributed by atoms with Crippen molar-refractivity contribution in [3.8, 4) is 22.8 Å². The number of carbonyl (C=O) groups is 1. The van der Waals surface area contributed by atoms with Gasteiger partial charge in [-0.15, -0.1) is 11.3 Å². The third-order valence-corrected chi connectivity index (χ3v) is 8.49. The average Bonchev–Trinajstić information content (AvgIpc) is 3.55. The van der Waals surface area contributed by atoms with Crippen molar-refractivity contribution in [2.24, 2.45) is 5.92 Å². The molecule has 0 spiro atoms. The largest absolute Gasteiger partial charge is 0.489 e. The van der Waals surface area contributed by atoms with Crippen LogP contribution >= 0.6 is 11.3 Å². The number of hydrogen-bond acceptors (Lipinski definition) is 7. The highest BCUT2D eigenvalue weighted by molar-refractivity contribution is 7.92. The summed E-state index contributed by atoms with van der Waals surface area (Å²) in [6.45, 7) is 0.628. The number of aromatic nitrogens is 1. The van der Waals surface area contributed by atoms with Crippen molar-refractivity contribution in [1.29, 1.82) is 0 Å². The second-order valence-electron chi connectivity index (χ2n) is 8.63. The van der Waals surface area contributed by atoms with E-state index >= 15 is 0 Å².